The molecule has 0 bridgehead atoms. The third-order valence-electron chi connectivity index (χ3n) is 6.30. The molecule has 3 nitrogen and oxygen atoms in total. The van der Waals surface area contributed by atoms with Crippen molar-refractivity contribution in [1.82, 2.24) is 9.97 Å². The van der Waals surface area contributed by atoms with Gasteiger partial charge in [0.05, 0.1) is 0 Å². The molecule has 4 aromatic carbocycles. The van der Waals surface area contributed by atoms with Crippen molar-refractivity contribution in [2.45, 2.75) is 0 Å². The van der Waals surface area contributed by atoms with Gasteiger partial charge >= 0.3 is 0 Å². The van der Waals surface area contributed by atoms with Crippen molar-refractivity contribution in [3.05, 3.63) is 103 Å². The number of hydrogen-bond donors (Lipinski definition) is 2. The van der Waals surface area contributed by atoms with Gasteiger partial charge in [0.2, 0.25) is 0 Å². The number of H-pyrrole nitrogens is 2. The van der Waals surface area contributed by atoms with Crippen LogP contribution in [0.4, 0.5) is 17.3 Å². The SMILES string of the molecule is c1ccc(N2c3[nH]c4ccccc4c3-c3ccccc3-c3c2[nH]c2ccccc32)cc1. The predicted octanol–water partition coefficient (Wildman–Crippen LogP) is 7.77. The molecule has 3 heterocycles. The van der Waals surface area contributed by atoms with E-state index in [2.05, 4.69) is 118 Å². The minimum Gasteiger partial charge on any atom is -0.340 e. The third-order valence-corrected chi connectivity index (χ3v) is 6.30. The molecular weight excluding hydrogens is 378 g/mol. The summed E-state index contributed by atoms with van der Waals surface area (Å²) in [5.41, 5.74) is 8.38. The van der Waals surface area contributed by atoms with Crippen molar-refractivity contribution in [2.24, 2.45) is 0 Å². The number of aromatic nitrogens is 2. The van der Waals surface area contributed by atoms with E-state index in [-0.39, 0.29) is 0 Å². The van der Waals surface area contributed by atoms with Gasteiger partial charge in [0.15, 0.2) is 0 Å². The van der Waals surface area contributed by atoms with E-state index in [1.54, 1.807) is 0 Å². The molecule has 0 unspecified atom stereocenters. The Labute approximate surface area is 179 Å². The highest BCUT2D eigenvalue weighted by atomic mass is 15.3. The van der Waals surface area contributed by atoms with Crippen molar-refractivity contribution in [1.29, 1.82) is 0 Å². The first kappa shape index (κ1) is 16.5. The Kier molecular flexibility index (Phi) is 3.27. The fraction of sp³-hybridized carbons (Fsp3) is 0. The van der Waals surface area contributed by atoms with Crippen molar-refractivity contribution in [3.8, 4) is 22.3 Å². The summed E-state index contributed by atoms with van der Waals surface area (Å²) in [6.45, 7) is 0. The molecule has 0 saturated carbocycles. The lowest BCUT2D eigenvalue weighted by Crippen LogP contribution is -2.11. The number of benzene rings is 4. The number of hydrogen-bond acceptors (Lipinski definition) is 1. The third kappa shape index (κ3) is 2.23. The largest absolute Gasteiger partial charge is 0.340 e. The summed E-state index contributed by atoms with van der Waals surface area (Å²) < 4.78 is 0. The molecule has 0 spiro atoms. The summed E-state index contributed by atoms with van der Waals surface area (Å²) in [6, 6.07) is 36.5. The van der Waals surface area contributed by atoms with Gasteiger partial charge < -0.3 is 9.97 Å². The Morgan fingerprint density at radius 2 is 0.903 bits per heavy atom. The molecule has 0 fully saturated rings. The molecule has 7 rings (SSSR count). The second-order valence-corrected chi connectivity index (χ2v) is 8.00. The van der Waals surface area contributed by atoms with Crippen LogP contribution in [0, 0.1) is 0 Å². The van der Waals surface area contributed by atoms with E-state index in [1.165, 1.54) is 33.0 Å². The van der Waals surface area contributed by atoms with E-state index < -0.39 is 0 Å². The minimum atomic E-state index is 1.09. The first-order valence-electron chi connectivity index (χ1n) is 10.6. The molecule has 0 amide bonds. The zero-order valence-corrected chi connectivity index (χ0v) is 16.8. The Balaban J connectivity index is 1.71. The number of nitrogens with one attached hydrogen (secondary N) is 2. The van der Waals surface area contributed by atoms with E-state index in [0.29, 0.717) is 0 Å². The fourth-order valence-corrected chi connectivity index (χ4v) is 5.00. The van der Waals surface area contributed by atoms with Crippen molar-refractivity contribution < 1.29 is 0 Å². The fourth-order valence-electron chi connectivity index (χ4n) is 5.00. The maximum absolute atomic E-state index is 3.74. The van der Waals surface area contributed by atoms with Crippen molar-refractivity contribution >= 4 is 39.1 Å². The molecule has 2 N–H and O–H groups in total. The molecular formula is C28H19N3. The highest BCUT2D eigenvalue weighted by molar-refractivity contribution is 6.16. The number of para-hydroxylation sites is 3. The maximum atomic E-state index is 3.74. The number of aromatic amines is 2. The molecule has 1 aliphatic heterocycles. The van der Waals surface area contributed by atoms with Crippen molar-refractivity contribution in [2.75, 3.05) is 4.90 Å². The summed E-state index contributed by atoms with van der Waals surface area (Å²) in [7, 11) is 0. The van der Waals surface area contributed by atoms with Crippen LogP contribution in [0.15, 0.2) is 103 Å². The molecule has 0 radical (unpaired) electrons. The lowest BCUT2D eigenvalue weighted by atomic mass is 9.94. The van der Waals surface area contributed by atoms with Crippen LogP contribution in [-0.4, -0.2) is 9.97 Å². The average Bonchev–Trinajstić information content (AvgIpc) is 3.36. The van der Waals surface area contributed by atoms with Gasteiger partial charge in [-0.3, -0.25) is 4.90 Å². The lowest BCUT2D eigenvalue weighted by molar-refractivity contribution is 1.19. The molecule has 6 aromatic rings. The van der Waals surface area contributed by atoms with Crippen LogP contribution < -0.4 is 4.90 Å². The number of nitrogens with zero attached hydrogens (tertiary/aromatic N) is 1. The van der Waals surface area contributed by atoms with Gasteiger partial charge in [-0.25, -0.2) is 0 Å². The number of rotatable bonds is 1. The summed E-state index contributed by atoms with van der Waals surface area (Å²) >= 11 is 0. The van der Waals surface area contributed by atoms with E-state index in [0.717, 1.165) is 28.4 Å². The molecule has 1 aliphatic rings. The summed E-state index contributed by atoms with van der Waals surface area (Å²) in [5.74, 6) is 2.18. The van der Waals surface area contributed by atoms with Crippen molar-refractivity contribution in [3.63, 3.8) is 0 Å². The number of fused-ring (bicyclic) bond motifs is 9. The summed E-state index contributed by atoms with van der Waals surface area (Å²) in [6.07, 6.45) is 0. The van der Waals surface area contributed by atoms with Crippen LogP contribution >= 0.6 is 0 Å². The van der Waals surface area contributed by atoms with Gasteiger partial charge in [-0.2, -0.15) is 0 Å². The summed E-state index contributed by atoms with van der Waals surface area (Å²) in [4.78, 5) is 9.81. The summed E-state index contributed by atoms with van der Waals surface area (Å²) in [5, 5.41) is 2.47. The van der Waals surface area contributed by atoms with Gasteiger partial charge in [-0.05, 0) is 35.4 Å². The van der Waals surface area contributed by atoms with Gasteiger partial charge in [0, 0.05) is 38.6 Å². The normalized spacial score (nSPS) is 12.5. The van der Waals surface area contributed by atoms with Gasteiger partial charge in [-0.1, -0.05) is 78.9 Å². The van der Waals surface area contributed by atoms with Crippen LogP contribution in [0.1, 0.15) is 0 Å². The van der Waals surface area contributed by atoms with E-state index in [1.807, 2.05) is 0 Å². The minimum absolute atomic E-state index is 1.09. The molecule has 146 valence electrons. The number of anilines is 3. The van der Waals surface area contributed by atoms with Crippen LogP contribution in [0.2, 0.25) is 0 Å². The van der Waals surface area contributed by atoms with Crippen LogP contribution in [-0.2, 0) is 0 Å². The topological polar surface area (TPSA) is 34.8 Å². The van der Waals surface area contributed by atoms with Gasteiger partial charge in [0.25, 0.3) is 0 Å². The first-order valence-corrected chi connectivity index (χ1v) is 10.6. The van der Waals surface area contributed by atoms with E-state index >= 15 is 0 Å². The molecule has 3 heteroatoms. The predicted molar refractivity (Wildman–Crippen MR) is 129 cm³/mol. The zero-order chi connectivity index (χ0) is 20.4. The second kappa shape index (κ2) is 6.13. The standard InChI is InChI=1S/C28H19N3/c1-2-10-18(11-3-1)31-27-25(21-14-6-8-16-23(21)29-27)19-12-4-5-13-20(19)26-22-15-7-9-17-24(22)30-28(26)31/h1-17,29-30H. The highest BCUT2D eigenvalue weighted by Crippen LogP contribution is 2.54. The molecule has 2 aromatic heterocycles. The zero-order valence-electron chi connectivity index (χ0n) is 16.8. The smallest absolute Gasteiger partial charge is 0.125 e. The Bertz CT molecular complexity index is 1490. The Morgan fingerprint density at radius 3 is 1.45 bits per heavy atom. The highest BCUT2D eigenvalue weighted by Gasteiger charge is 2.31. The van der Waals surface area contributed by atoms with Crippen LogP contribution in [0.5, 0.6) is 0 Å². The Morgan fingerprint density at radius 1 is 0.452 bits per heavy atom. The molecule has 0 saturated heterocycles. The lowest BCUT2D eigenvalue weighted by Gasteiger charge is -2.23. The van der Waals surface area contributed by atoms with Gasteiger partial charge in [0.1, 0.15) is 11.6 Å². The van der Waals surface area contributed by atoms with Crippen LogP contribution in [0.3, 0.4) is 0 Å². The first-order chi connectivity index (χ1) is 15.4. The average molecular weight is 397 g/mol. The van der Waals surface area contributed by atoms with E-state index in [4.69, 9.17) is 0 Å². The Hall–Kier alpha value is -4.24. The molecule has 31 heavy (non-hydrogen) atoms. The monoisotopic (exact) mass is 397 g/mol. The van der Waals surface area contributed by atoms with E-state index in [9.17, 15) is 0 Å². The molecule has 0 aliphatic carbocycles. The van der Waals surface area contributed by atoms with Gasteiger partial charge in [-0.15, -0.1) is 0 Å². The maximum Gasteiger partial charge on any atom is 0.125 e. The van der Waals surface area contributed by atoms with Crippen LogP contribution in [0.25, 0.3) is 44.1 Å². The second-order valence-electron chi connectivity index (χ2n) is 8.00. The quantitative estimate of drug-likeness (QED) is 0.292. The molecule has 0 atom stereocenters.